The highest BCUT2D eigenvalue weighted by Crippen LogP contribution is 2.15. The van der Waals surface area contributed by atoms with E-state index in [1.807, 2.05) is 36.4 Å². The molecule has 6 heteroatoms. The molecule has 3 rings (SSSR count). The Hall–Kier alpha value is -3.67. The third-order valence-corrected chi connectivity index (χ3v) is 3.93. The summed E-state index contributed by atoms with van der Waals surface area (Å²) in [4.78, 5) is 23.5. The van der Waals surface area contributed by atoms with Gasteiger partial charge in [-0.05, 0) is 59.7 Å². The Morgan fingerprint density at radius 1 is 1.00 bits per heavy atom. The van der Waals surface area contributed by atoms with Gasteiger partial charge in [0.1, 0.15) is 5.75 Å². The molecule has 3 aromatic rings. The highest BCUT2D eigenvalue weighted by molar-refractivity contribution is 5.98. The van der Waals surface area contributed by atoms with Crippen molar-refractivity contribution in [1.82, 2.24) is 5.43 Å². The van der Waals surface area contributed by atoms with Crippen LogP contribution in [0.1, 0.15) is 22.8 Å². The van der Waals surface area contributed by atoms with Gasteiger partial charge in [0, 0.05) is 5.56 Å². The fourth-order valence-corrected chi connectivity index (χ4v) is 2.56. The van der Waals surface area contributed by atoms with Gasteiger partial charge in [-0.3, -0.25) is 4.79 Å². The lowest BCUT2D eigenvalue weighted by Crippen LogP contribution is -2.17. The average molecular weight is 376 g/mol. The first kappa shape index (κ1) is 19.1. The van der Waals surface area contributed by atoms with Crippen molar-refractivity contribution < 1.29 is 19.1 Å². The quantitative estimate of drug-likeness (QED) is 0.389. The van der Waals surface area contributed by atoms with E-state index in [2.05, 4.69) is 10.5 Å². The van der Waals surface area contributed by atoms with Gasteiger partial charge in [0.15, 0.2) is 6.61 Å². The smallest absolute Gasteiger partial charge is 0.344 e. The van der Waals surface area contributed by atoms with E-state index in [1.54, 1.807) is 37.3 Å². The Morgan fingerprint density at radius 3 is 2.50 bits per heavy atom. The molecule has 0 atom stereocenters. The lowest BCUT2D eigenvalue weighted by Gasteiger charge is -2.05. The minimum absolute atomic E-state index is 0.136. The highest BCUT2D eigenvalue weighted by atomic mass is 16.6. The van der Waals surface area contributed by atoms with E-state index in [9.17, 15) is 9.59 Å². The number of hydrogen-bond acceptors (Lipinski definition) is 5. The molecule has 1 amide bonds. The second-order valence-corrected chi connectivity index (χ2v) is 5.92. The van der Waals surface area contributed by atoms with Crippen LogP contribution >= 0.6 is 0 Å². The first-order valence-corrected chi connectivity index (χ1v) is 8.86. The summed E-state index contributed by atoms with van der Waals surface area (Å²) in [6.45, 7) is 1.93. The van der Waals surface area contributed by atoms with Crippen molar-refractivity contribution in [2.45, 2.75) is 6.92 Å². The van der Waals surface area contributed by atoms with Crippen molar-refractivity contribution in [3.63, 3.8) is 0 Å². The topological polar surface area (TPSA) is 77.0 Å². The maximum absolute atomic E-state index is 12.2. The van der Waals surface area contributed by atoms with Crippen LogP contribution in [0.15, 0.2) is 71.8 Å². The van der Waals surface area contributed by atoms with E-state index in [-0.39, 0.29) is 12.5 Å². The maximum atomic E-state index is 12.2. The standard InChI is InChI=1S/C22H20N2O4/c1-2-27-21(25)15-28-20-11-7-16(8-12-20)14-23-24-22(26)19-10-9-17-5-3-4-6-18(17)13-19/h3-14H,2,15H2,1H3,(H,24,26)/b23-14-. The second kappa shape index (κ2) is 9.32. The van der Waals surface area contributed by atoms with E-state index in [4.69, 9.17) is 9.47 Å². The number of carbonyl (C=O) groups is 2. The van der Waals surface area contributed by atoms with E-state index in [0.29, 0.717) is 17.9 Å². The molecule has 0 heterocycles. The van der Waals surface area contributed by atoms with Crippen LogP contribution in [0.3, 0.4) is 0 Å². The van der Waals surface area contributed by atoms with E-state index < -0.39 is 5.97 Å². The molecule has 0 saturated carbocycles. The van der Waals surface area contributed by atoms with Crippen molar-refractivity contribution >= 4 is 28.9 Å². The van der Waals surface area contributed by atoms with Crippen molar-refractivity contribution in [3.05, 3.63) is 77.9 Å². The average Bonchev–Trinajstić information content (AvgIpc) is 2.73. The SMILES string of the molecule is CCOC(=O)COc1ccc(/C=N\NC(=O)c2ccc3ccccc3c2)cc1. The number of esters is 1. The first-order valence-electron chi connectivity index (χ1n) is 8.86. The summed E-state index contributed by atoms with van der Waals surface area (Å²) >= 11 is 0. The van der Waals surface area contributed by atoms with Crippen LogP contribution in [0.4, 0.5) is 0 Å². The highest BCUT2D eigenvalue weighted by Gasteiger charge is 2.05. The van der Waals surface area contributed by atoms with Crippen LogP contribution in [0.5, 0.6) is 5.75 Å². The monoisotopic (exact) mass is 376 g/mol. The first-order chi connectivity index (χ1) is 13.7. The Labute approximate surface area is 162 Å². The minimum Gasteiger partial charge on any atom is -0.482 e. The molecule has 0 fully saturated rings. The van der Waals surface area contributed by atoms with Gasteiger partial charge in [-0.2, -0.15) is 5.10 Å². The number of benzene rings is 3. The van der Waals surface area contributed by atoms with Crippen LogP contribution < -0.4 is 10.2 Å². The van der Waals surface area contributed by atoms with Crippen LogP contribution in [0, 0.1) is 0 Å². The zero-order chi connectivity index (χ0) is 19.8. The molecule has 0 bridgehead atoms. The largest absolute Gasteiger partial charge is 0.482 e. The number of hydrazone groups is 1. The van der Waals surface area contributed by atoms with Gasteiger partial charge in [-0.15, -0.1) is 0 Å². The fraction of sp³-hybridized carbons (Fsp3) is 0.136. The van der Waals surface area contributed by atoms with Crippen molar-refractivity contribution in [2.75, 3.05) is 13.2 Å². The molecular formula is C22H20N2O4. The summed E-state index contributed by atoms with van der Waals surface area (Å²) in [6, 6.07) is 20.3. The lowest BCUT2D eigenvalue weighted by molar-refractivity contribution is -0.145. The number of rotatable bonds is 7. The van der Waals surface area contributed by atoms with E-state index in [1.165, 1.54) is 6.21 Å². The Balaban J connectivity index is 1.54. The van der Waals surface area contributed by atoms with Gasteiger partial charge < -0.3 is 9.47 Å². The summed E-state index contributed by atoms with van der Waals surface area (Å²) in [5.74, 6) is -0.147. The predicted octanol–water partition coefficient (Wildman–Crippen LogP) is 3.55. The van der Waals surface area contributed by atoms with E-state index in [0.717, 1.165) is 16.3 Å². The molecule has 3 aromatic carbocycles. The van der Waals surface area contributed by atoms with Crippen LogP contribution in [-0.2, 0) is 9.53 Å². The number of nitrogens with one attached hydrogen (secondary N) is 1. The molecule has 0 aliphatic rings. The molecule has 28 heavy (non-hydrogen) atoms. The number of carbonyl (C=O) groups excluding carboxylic acids is 2. The van der Waals surface area contributed by atoms with Gasteiger partial charge in [0.25, 0.3) is 5.91 Å². The molecule has 142 valence electrons. The Bertz CT molecular complexity index is 997. The molecule has 6 nitrogen and oxygen atoms in total. The third kappa shape index (κ3) is 5.17. The molecule has 0 aromatic heterocycles. The third-order valence-electron chi connectivity index (χ3n) is 3.93. The predicted molar refractivity (Wildman–Crippen MR) is 108 cm³/mol. The summed E-state index contributed by atoms with van der Waals surface area (Å²) < 4.78 is 10.1. The van der Waals surface area contributed by atoms with Crippen molar-refractivity contribution in [3.8, 4) is 5.75 Å². The summed E-state index contributed by atoms with van der Waals surface area (Å²) in [6.07, 6.45) is 1.54. The normalized spacial score (nSPS) is 10.8. The molecular weight excluding hydrogens is 356 g/mol. The van der Waals surface area contributed by atoms with Crippen molar-refractivity contribution in [1.29, 1.82) is 0 Å². The Morgan fingerprint density at radius 2 is 1.75 bits per heavy atom. The van der Waals surface area contributed by atoms with Gasteiger partial charge in [0.2, 0.25) is 0 Å². The molecule has 0 spiro atoms. The number of amides is 1. The molecule has 0 unspecified atom stereocenters. The second-order valence-electron chi connectivity index (χ2n) is 5.92. The van der Waals surface area contributed by atoms with Gasteiger partial charge in [-0.1, -0.05) is 30.3 Å². The number of hydrogen-bond donors (Lipinski definition) is 1. The summed E-state index contributed by atoms with van der Waals surface area (Å²) in [5, 5.41) is 6.06. The van der Waals surface area contributed by atoms with Gasteiger partial charge >= 0.3 is 5.97 Å². The maximum Gasteiger partial charge on any atom is 0.344 e. The van der Waals surface area contributed by atoms with Gasteiger partial charge in [0.05, 0.1) is 12.8 Å². The lowest BCUT2D eigenvalue weighted by atomic mass is 10.1. The fourth-order valence-electron chi connectivity index (χ4n) is 2.56. The molecule has 0 aliphatic heterocycles. The Kier molecular flexibility index (Phi) is 6.36. The number of ether oxygens (including phenoxy) is 2. The zero-order valence-corrected chi connectivity index (χ0v) is 15.4. The summed E-state index contributed by atoms with van der Waals surface area (Å²) in [5.41, 5.74) is 3.84. The van der Waals surface area contributed by atoms with E-state index >= 15 is 0 Å². The van der Waals surface area contributed by atoms with Crippen LogP contribution in [-0.4, -0.2) is 31.3 Å². The molecule has 0 radical (unpaired) electrons. The number of fused-ring (bicyclic) bond motifs is 1. The molecule has 0 saturated heterocycles. The van der Waals surface area contributed by atoms with Crippen molar-refractivity contribution in [2.24, 2.45) is 5.10 Å². The minimum atomic E-state index is -0.412. The molecule has 1 N–H and O–H groups in total. The molecule has 0 aliphatic carbocycles. The van der Waals surface area contributed by atoms with Gasteiger partial charge in [-0.25, -0.2) is 10.2 Å². The van der Waals surface area contributed by atoms with Crippen LogP contribution in [0.25, 0.3) is 10.8 Å². The van der Waals surface area contributed by atoms with Crippen LogP contribution in [0.2, 0.25) is 0 Å². The summed E-state index contributed by atoms with van der Waals surface area (Å²) in [7, 11) is 0. The number of nitrogens with zero attached hydrogens (tertiary/aromatic N) is 1. The zero-order valence-electron chi connectivity index (χ0n) is 15.4.